The third kappa shape index (κ3) is 3.47. The summed E-state index contributed by atoms with van der Waals surface area (Å²) in [5, 5.41) is 5.45. The second-order valence-corrected chi connectivity index (χ2v) is 6.20. The van der Waals surface area contributed by atoms with Gasteiger partial charge in [0.25, 0.3) is 0 Å². The molecule has 0 aliphatic rings. The van der Waals surface area contributed by atoms with E-state index < -0.39 is 0 Å². The first-order valence-electron chi connectivity index (χ1n) is 4.99. The predicted molar refractivity (Wildman–Crippen MR) is 80.0 cm³/mol. The van der Waals surface area contributed by atoms with Crippen molar-refractivity contribution in [1.82, 2.24) is 0 Å². The van der Waals surface area contributed by atoms with Crippen molar-refractivity contribution < 1.29 is 4.74 Å². The molecule has 0 saturated heterocycles. The van der Waals surface area contributed by atoms with Crippen LogP contribution in [0.3, 0.4) is 0 Å². The maximum atomic E-state index is 5.25. The summed E-state index contributed by atoms with van der Waals surface area (Å²) in [7, 11) is 1.67. The second-order valence-electron chi connectivity index (χ2n) is 3.43. The molecule has 1 aromatic carbocycles. The zero-order chi connectivity index (χ0) is 12.3. The average molecular weight is 377 g/mol. The van der Waals surface area contributed by atoms with Crippen LogP contribution >= 0.6 is 43.2 Å². The maximum Gasteiger partial charge on any atom is 0.135 e. The normalized spacial score (nSPS) is 10.3. The summed E-state index contributed by atoms with van der Waals surface area (Å²) in [5.41, 5.74) is 1.05. The number of thiophene rings is 1. The molecule has 0 aliphatic carbocycles. The molecule has 0 aliphatic heterocycles. The van der Waals surface area contributed by atoms with Gasteiger partial charge in [-0.1, -0.05) is 0 Å². The van der Waals surface area contributed by atoms with Gasteiger partial charge in [-0.25, -0.2) is 0 Å². The molecule has 0 spiro atoms. The molecular formula is C12H11Br2NOS. The van der Waals surface area contributed by atoms with Crippen molar-refractivity contribution in [3.8, 4) is 5.75 Å². The van der Waals surface area contributed by atoms with Crippen LogP contribution in [0.25, 0.3) is 0 Å². The molecule has 0 unspecified atom stereocenters. The van der Waals surface area contributed by atoms with E-state index in [9.17, 15) is 0 Å². The molecule has 17 heavy (non-hydrogen) atoms. The van der Waals surface area contributed by atoms with Crippen molar-refractivity contribution in [2.75, 3.05) is 12.4 Å². The highest BCUT2D eigenvalue weighted by molar-refractivity contribution is 9.10. The highest BCUT2D eigenvalue weighted by Crippen LogP contribution is 2.28. The largest absolute Gasteiger partial charge is 0.495 e. The quantitative estimate of drug-likeness (QED) is 0.819. The SMILES string of the molecule is COc1cc(NCc2cc(Br)cs2)ccc1Br. The van der Waals surface area contributed by atoms with Gasteiger partial charge in [0.2, 0.25) is 0 Å². The van der Waals surface area contributed by atoms with Gasteiger partial charge < -0.3 is 10.1 Å². The van der Waals surface area contributed by atoms with E-state index in [2.05, 4.69) is 48.6 Å². The fourth-order valence-corrected chi connectivity index (χ4v) is 3.20. The maximum absolute atomic E-state index is 5.25. The molecule has 2 nitrogen and oxygen atoms in total. The molecule has 0 bridgehead atoms. The Hall–Kier alpha value is -0.520. The van der Waals surface area contributed by atoms with E-state index in [1.807, 2.05) is 18.2 Å². The summed E-state index contributed by atoms with van der Waals surface area (Å²) in [6, 6.07) is 8.10. The van der Waals surface area contributed by atoms with E-state index in [-0.39, 0.29) is 0 Å². The Kier molecular flexibility index (Phi) is 4.48. The number of nitrogens with one attached hydrogen (secondary N) is 1. The van der Waals surface area contributed by atoms with Crippen molar-refractivity contribution in [2.45, 2.75) is 6.54 Å². The molecule has 2 rings (SSSR count). The molecule has 0 fully saturated rings. The van der Waals surface area contributed by atoms with Gasteiger partial charge in [-0.15, -0.1) is 11.3 Å². The average Bonchev–Trinajstić information content (AvgIpc) is 2.74. The number of rotatable bonds is 4. The topological polar surface area (TPSA) is 21.3 Å². The van der Waals surface area contributed by atoms with Crippen molar-refractivity contribution >= 4 is 48.9 Å². The van der Waals surface area contributed by atoms with Gasteiger partial charge in [-0.3, -0.25) is 0 Å². The number of hydrogen-bond donors (Lipinski definition) is 1. The van der Waals surface area contributed by atoms with Crippen LogP contribution in [0.15, 0.2) is 38.6 Å². The molecule has 0 amide bonds. The Labute approximate surface area is 121 Å². The lowest BCUT2D eigenvalue weighted by Crippen LogP contribution is -1.97. The Morgan fingerprint density at radius 1 is 1.29 bits per heavy atom. The molecule has 90 valence electrons. The fraction of sp³-hybridized carbons (Fsp3) is 0.167. The third-order valence-electron chi connectivity index (χ3n) is 2.24. The molecular weight excluding hydrogens is 366 g/mol. The lowest BCUT2D eigenvalue weighted by molar-refractivity contribution is 0.412. The summed E-state index contributed by atoms with van der Waals surface area (Å²) in [5.74, 6) is 0.836. The Morgan fingerprint density at radius 3 is 2.76 bits per heavy atom. The molecule has 5 heteroatoms. The lowest BCUT2D eigenvalue weighted by atomic mass is 10.3. The van der Waals surface area contributed by atoms with E-state index in [0.717, 1.165) is 26.9 Å². The number of methoxy groups -OCH3 is 1. The highest BCUT2D eigenvalue weighted by atomic mass is 79.9. The van der Waals surface area contributed by atoms with Crippen LogP contribution in [0, 0.1) is 0 Å². The van der Waals surface area contributed by atoms with Crippen LogP contribution in [-0.4, -0.2) is 7.11 Å². The summed E-state index contributed by atoms with van der Waals surface area (Å²) in [6.07, 6.45) is 0. The van der Waals surface area contributed by atoms with E-state index in [1.54, 1.807) is 18.4 Å². The highest BCUT2D eigenvalue weighted by Gasteiger charge is 2.02. The predicted octanol–water partition coefficient (Wildman–Crippen LogP) is 4.89. The first kappa shape index (κ1) is 12.9. The van der Waals surface area contributed by atoms with Crippen LogP contribution in [0.2, 0.25) is 0 Å². The van der Waals surface area contributed by atoms with E-state index in [4.69, 9.17) is 4.74 Å². The zero-order valence-corrected chi connectivity index (χ0v) is 13.2. The van der Waals surface area contributed by atoms with Gasteiger partial charge in [-0.05, 0) is 50.1 Å². The monoisotopic (exact) mass is 375 g/mol. The van der Waals surface area contributed by atoms with Crippen molar-refractivity contribution in [2.24, 2.45) is 0 Å². The lowest BCUT2D eigenvalue weighted by Gasteiger charge is -2.08. The molecule has 1 aromatic heterocycles. The van der Waals surface area contributed by atoms with Crippen LogP contribution in [0.5, 0.6) is 5.75 Å². The summed E-state index contributed by atoms with van der Waals surface area (Å²) in [6.45, 7) is 0.820. The van der Waals surface area contributed by atoms with E-state index in [1.165, 1.54) is 4.88 Å². The number of ether oxygens (including phenoxy) is 1. The van der Waals surface area contributed by atoms with Gasteiger partial charge in [0.1, 0.15) is 5.75 Å². The van der Waals surface area contributed by atoms with Crippen LogP contribution < -0.4 is 10.1 Å². The third-order valence-corrected chi connectivity index (χ3v) is 4.59. The molecule has 1 heterocycles. The standard InChI is InChI=1S/C12H11Br2NOS/c1-16-12-5-9(2-3-11(12)14)15-6-10-4-8(13)7-17-10/h2-5,7,15H,6H2,1H3. The van der Waals surface area contributed by atoms with Crippen molar-refractivity contribution in [3.05, 3.63) is 43.5 Å². The molecule has 0 saturated carbocycles. The number of benzene rings is 1. The van der Waals surface area contributed by atoms with E-state index >= 15 is 0 Å². The zero-order valence-electron chi connectivity index (χ0n) is 9.17. The number of hydrogen-bond acceptors (Lipinski definition) is 3. The first-order chi connectivity index (χ1) is 8.19. The Bertz CT molecular complexity index is 513. The summed E-state index contributed by atoms with van der Waals surface area (Å²) >= 11 is 8.61. The summed E-state index contributed by atoms with van der Waals surface area (Å²) < 4.78 is 7.34. The van der Waals surface area contributed by atoms with Crippen molar-refractivity contribution in [1.29, 1.82) is 0 Å². The smallest absolute Gasteiger partial charge is 0.135 e. The minimum Gasteiger partial charge on any atom is -0.495 e. The molecule has 1 N–H and O–H groups in total. The number of halogens is 2. The van der Waals surface area contributed by atoms with Crippen LogP contribution in [0.4, 0.5) is 5.69 Å². The van der Waals surface area contributed by atoms with Gasteiger partial charge in [0.05, 0.1) is 11.6 Å². The van der Waals surface area contributed by atoms with Gasteiger partial charge >= 0.3 is 0 Å². The van der Waals surface area contributed by atoms with Gasteiger partial charge in [-0.2, -0.15) is 0 Å². The minimum atomic E-state index is 0.820. The van der Waals surface area contributed by atoms with Gasteiger partial charge in [0.15, 0.2) is 0 Å². The minimum absolute atomic E-state index is 0.820. The van der Waals surface area contributed by atoms with Crippen LogP contribution in [0.1, 0.15) is 4.88 Å². The fourth-order valence-electron chi connectivity index (χ4n) is 1.41. The summed E-state index contributed by atoms with van der Waals surface area (Å²) in [4.78, 5) is 1.29. The van der Waals surface area contributed by atoms with E-state index in [0.29, 0.717) is 0 Å². The number of anilines is 1. The molecule has 2 aromatic rings. The Morgan fingerprint density at radius 2 is 2.12 bits per heavy atom. The Balaban J connectivity index is 2.04. The van der Waals surface area contributed by atoms with Gasteiger partial charge in [0, 0.05) is 33.0 Å². The molecule has 0 radical (unpaired) electrons. The van der Waals surface area contributed by atoms with Crippen molar-refractivity contribution in [3.63, 3.8) is 0 Å². The molecule has 0 atom stereocenters. The first-order valence-corrected chi connectivity index (χ1v) is 7.46. The second kappa shape index (κ2) is 5.89. The van der Waals surface area contributed by atoms with Crippen LogP contribution in [-0.2, 0) is 6.54 Å².